The van der Waals surface area contributed by atoms with Gasteiger partial charge in [-0.3, -0.25) is 0 Å². The van der Waals surface area contributed by atoms with Gasteiger partial charge in [0.15, 0.2) is 11.5 Å². The van der Waals surface area contributed by atoms with E-state index in [-0.39, 0.29) is 12.6 Å². The van der Waals surface area contributed by atoms with Crippen LogP contribution >= 0.6 is 0 Å². The first-order chi connectivity index (χ1) is 10.3. The molecular weight excluding hydrogens is 271 g/mol. The summed E-state index contributed by atoms with van der Waals surface area (Å²) in [6, 6.07) is 12.1. The van der Waals surface area contributed by atoms with Crippen LogP contribution in [0.25, 0.3) is 0 Å². The zero-order chi connectivity index (χ0) is 14.7. The summed E-state index contributed by atoms with van der Waals surface area (Å²) >= 11 is 0. The fraction of sp³-hybridized carbons (Fsp3) is 0.188. The molecule has 1 aliphatic rings. The number of ether oxygens (including phenoxy) is 2. The summed E-state index contributed by atoms with van der Waals surface area (Å²) in [5.41, 5.74) is 1.82. The van der Waals surface area contributed by atoms with Crippen molar-refractivity contribution in [1.82, 2.24) is 5.32 Å². The lowest BCUT2D eigenvalue weighted by Crippen LogP contribution is -2.14. The number of hydrogen-bond acceptors (Lipinski definition) is 4. The Bertz CT molecular complexity index is 710. The van der Waals surface area contributed by atoms with Crippen LogP contribution in [0.4, 0.5) is 4.39 Å². The third-order valence-electron chi connectivity index (χ3n) is 3.29. The average molecular weight is 284 g/mol. The third-order valence-corrected chi connectivity index (χ3v) is 3.29. The molecule has 0 unspecified atom stereocenters. The third kappa shape index (κ3) is 2.81. The van der Waals surface area contributed by atoms with E-state index in [0.29, 0.717) is 24.2 Å². The van der Waals surface area contributed by atoms with Gasteiger partial charge in [0.25, 0.3) is 0 Å². The molecule has 21 heavy (non-hydrogen) atoms. The number of benzene rings is 2. The van der Waals surface area contributed by atoms with Crippen molar-refractivity contribution < 1.29 is 13.9 Å². The first kappa shape index (κ1) is 13.4. The van der Waals surface area contributed by atoms with Crippen LogP contribution in [0.15, 0.2) is 36.4 Å². The van der Waals surface area contributed by atoms with Crippen LogP contribution in [0.5, 0.6) is 11.5 Å². The highest BCUT2D eigenvalue weighted by Crippen LogP contribution is 2.35. The van der Waals surface area contributed by atoms with Crippen LogP contribution in [0, 0.1) is 17.1 Å². The predicted molar refractivity (Wildman–Crippen MR) is 74.2 cm³/mol. The minimum Gasteiger partial charge on any atom is -0.454 e. The van der Waals surface area contributed by atoms with Gasteiger partial charge in [0, 0.05) is 24.2 Å². The van der Waals surface area contributed by atoms with Gasteiger partial charge >= 0.3 is 0 Å². The van der Waals surface area contributed by atoms with E-state index >= 15 is 0 Å². The van der Waals surface area contributed by atoms with Gasteiger partial charge in [-0.05, 0) is 18.2 Å². The second kappa shape index (κ2) is 5.81. The number of nitrogens with one attached hydrogen (secondary N) is 1. The Labute approximate surface area is 121 Å². The molecular formula is C16H13FN2O2. The molecule has 0 radical (unpaired) electrons. The lowest BCUT2D eigenvalue weighted by Gasteiger charge is -2.08. The Morgan fingerprint density at radius 1 is 1.14 bits per heavy atom. The van der Waals surface area contributed by atoms with Crippen molar-refractivity contribution in [2.45, 2.75) is 13.1 Å². The van der Waals surface area contributed by atoms with E-state index in [1.165, 1.54) is 6.07 Å². The van der Waals surface area contributed by atoms with E-state index in [4.69, 9.17) is 14.7 Å². The second-order valence-electron chi connectivity index (χ2n) is 4.67. The van der Waals surface area contributed by atoms with Crippen LogP contribution in [-0.4, -0.2) is 6.79 Å². The normalized spacial score (nSPS) is 12.2. The van der Waals surface area contributed by atoms with Gasteiger partial charge in [0.1, 0.15) is 5.82 Å². The largest absolute Gasteiger partial charge is 0.454 e. The first-order valence-corrected chi connectivity index (χ1v) is 6.54. The van der Waals surface area contributed by atoms with Gasteiger partial charge in [-0.15, -0.1) is 0 Å². The summed E-state index contributed by atoms with van der Waals surface area (Å²) in [6.07, 6.45) is 0. The maximum absolute atomic E-state index is 13.7. The number of para-hydroxylation sites is 1. The van der Waals surface area contributed by atoms with Crippen LogP contribution in [-0.2, 0) is 13.1 Å². The second-order valence-corrected chi connectivity index (χ2v) is 4.67. The molecule has 0 aliphatic carbocycles. The summed E-state index contributed by atoms with van der Waals surface area (Å²) < 4.78 is 24.5. The number of hydrogen-bond donors (Lipinski definition) is 1. The molecule has 0 spiro atoms. The zero-order valence-electron chi connectivity index (χ0n) is 11.2. The summed E-state index contributed by atoms with van der Waals surface area (Å²) in [5.74, 6) is 1.10. The van der Waals surface area contributed by atoms with Crippen molar-refractivity contribution in [3.8, 4) is 17.6 Å². The minimum absolute atomic E-state index is 0.233. The van der Waals surface area contributed by atoms with E-state index in [2.05, 4.69) is 5.32 Å². The Hall–Kier alpha value is -2.58. The van der Waals surface area contributed by atoms with Gasteiger partial charge in [-0.2, -0.15) is 5.26 Å². The highest BCUT2D eigenvalue weighted by molar-refractivity contribution is 5.48. The maximum Gasteiger partial charge on any atom is 0.231 e. The molecule has 0 aromatic heterocycles. The van der Waals surface area contributed by atoms with E-state index in [1.54, 1.807) is 12.1 Å². The van der Waals surface area contributed by atoms with Gasteiger partial charge < -0.3 is 14.8 Å². The molecule has 0 atom stereocenters. The molecule has 4 nitrogen and oxygen atoms in total. The van der Waals surface area contributed by atoms with Gasteiger partial charge in [-0.1, -0.05) is 18.2 Å². The number of nitrogens with zero attached hydrogens (tertiary/aromatic N) is 1. The fourth-order valence-corrected chi connectivity index (χ4v) is 2.22. The zero-order valence-corrected chi connectivity index (χ0v) is 11.2. The van der Waals surface area contributed by atoms with E-state index in [9.17, 15) is 4.39 Å². The summed E-state index contributed by atoms with van der Waals surface area (Å²) in [5, 5.41) is 11.9. The van der Waals surface area contributed by atoms with E-state index in [1.807, 2.05) is 24.3 Å². The van der Waals surface area contributed by atoms with Gasteiger partial charge in [-0.25, -0.2) is 4.39 Å². The van der Waals surface area contributed by atoms with Crippen molar-refractivity contribution in [3.63, 3.8) is 0 Å². The molecule has 0 saturated carbocycles. The molecule has 1 aliphatic heterocycles. The summed E-state index contributed by atoms with van der Waals surface area (Å²) in [6.45, 7) is 1.16. The summed E-state index contributed by atoms with van der Waals surface area (Å²) in [4.78, 5) is 0. The molecule has 0 fully saturated rings. The Balaban J connectivity index is 1.65. The van der Waals surface area contributed by atoms with Crippen molar-refractivity contribution >= 4 is 0 Å². The number of nitriles is 1. The van der Waals surface area contributed by atoms with Crippen molar-refractivity contribution in [3.05, 3.63) is 58.9 Å². The van der Waals surface area contributed by atoms with Crippen LogP contribution < -0.4 is 14.8 Å². The Morgan fingerprint density at radius 3 is 2.81 bits per heavy atom. The summed E-state index contributed by atoms with van der Waals surface area (Å²) in [7, 11) is 0. The minimum atomic E-state index is -0.376. The van der Waals surface area contributed by atoms with Gasteiger partial charge in [0.05, 0.1) is 11.6 Å². The standard InChI is InChI=1S/C16H13FN2O2/c17-14-6-11(7-18)4-5-12(14)8-19-9-13-2-1-3-15-16(13)21-10-20-15/h1-6,19H,8-10H2. The average Bonchev–Trinajstić information content (AvgIpc) is 2.98. The van der Waals surface area contributed by atoms with E-state index in [0.717, 1.165) is 17.1 Å². The Morgan fingerprint density at radius 2 is 2.00 bits per heavy atom. The van der Waals surface area contributed by atoms with Crippen LogP contribution in [0.1, 0.15) is 16.7 Å². The molecule has 0 saturated heterocycles. The molecule has 0 bridgehead atoms. The van der Waals surface area contributed by atoms with Crippen LogP contribution in [0.3, 0.4) is 0 Å². The molecule has 1 N–H and O–H groups in total. The lowest BCUT2D eigenvalue weighted by atomic mass is 10.1. The molecule has 2 aromatic carbocycles. The van der Waals surface area contributed by atoms with Crippen molar-refractivity contribution in [2.75, 3.05) is 6.79 Å². The molecule has 1 heterocycles. The maximum atomic E-state index is 13.7. The fourth-order valence-electron chi connectivity index (χ4n) is 2.22. The molecule has 106 valence electrons. The van der Waals surface area contributed by atoms with Gasteiger partial charge in [0.2, 0.25) is 6.79 Å². The number of fused-ring (bicyclic) bond motifs is 1. The lowest BCUT2D eigenvalue weighted by molar-refractivity contribution is 0.173. The predicted octanol–water partition coefficient (Wildman–Crippen LogP) is 2.72. The smallest absolute Gasteiger partial charge is 0.231 e. The number of rotatable bonds is 4. The van der Waals surface area contributed by atoms with Crippen molar-refractivity contribution in [1.29, 1.82) is 5.26 Å². The number of halogens is 1. The SMILES string of the molecule is N#Cc1ccc(CNCc2cccc3c2OCO3)c(F)c1. The molecule has 2 aromatic rings. The van der Waals surface area contributed by atoms with Crippen LogP contribution in [0.2, 0.25) is 0 Å². The van der Waals surface area contributed by atoms with Crippen molar-refractivity contribution in [2.24, 2.45) is 0 Å². The highest BCUT2D eigenvalue weighted by Gasteiger charge is 2.16. The molecule has 3 rings (SSSR count). The molecule has 5 heteroatoms. The van der Waals surface area contributed by atoms with E-state index < -0.39 is 0 Å². The highest BCUT2D eigenvalue weighted by atomic mass is 19.1. The Kier molecular flexibility index (Phi) is 3.71. The monoisotopic (exact) mass is 284 g/mol. The topological polar surface area (TPSA) is 54.3 Å². The quantitative estimate of drug-likeness (QED) is 0.938. The molecule has 0 amide bonds. The first-order valence-electron chi connectivity index (χ1n) is 6.54.